The van der Waals surface area contributed by atoms with Crippen LogP contribution >= 0.6 is 0 Å². The fraction of sp³-hybridized carbons (Fsp3) is 0.276. The maximum absolute atomic E-state index is 12.7. The molecule has 0 saturated heterocycles. The average Bonchev–Trinajstić information content (AvgIpc) is 3.23. The van der Waals surface area contributed by atoms with E-state index in [-0.39, 0.29) is 24.9 Å². The van der Waals surface area contributed by atoms with Crippen LogP contribution in [0.15, 0.2) is 78.9 Å². The number of hydrogen-bond donors (Lipinski definition) is 3. The van der Waals surface area contributed by atoms with E-state index in [1.54, 1.807) is 0 Å². The molecule has 0 aromatic heterocycles. The van der Waals surface area contributed by atoms with E-state index in [1.807, 2.05) is 78.9 Å². The number of primary amides is 1. The van der Waals surface area contributed by atoms with Crippen molar-refractivity contribution < 1.29 is 19.1 Å². The largest absolute Gasteiger partial charge is 0.445 e. The van der Waals surface area contributed by atoms with Crippen LogP contribution in [0.3, 0.4) is 0 Å². The van der Waals surface area contributed by atoms with Gasteiger partial charge >= 0.3 is 6.09 Å². The van der Waals surface area contributed by atoms with Crippen LogP contribution in [0.4, 0.5) is 4.79 Å². The van der Waals surface area contributed by atoms with Crippen LogP contribution in [0.25, 0.3) is 11.1 Å². The first kappa shape index (κ1) is 25.0. The molecule has 7 heteroatoms. The smallest absolute Gasteiger partial charge is 0.407 e. The predicted molar refractivity (Wildman–Crippen MR) is 138 cm³/mol. The first-order valence-corrected chi connectivity index (χ1v) is 12.3. The van der Waals surface area contributed by atoms with Gasteiger partial charge in [0.15, 0.2) is 0 Å². The molecule has 0 saturated carbocycles. The van der Waals surface area contributed by atoms with Crippen molar-refractivity contribution >= 4 is 17.9 Å². The van der Waals surface area contributed by atoms with Gasteiger partial charge in [0.1, 0.15) is 12.6 Å². The maximum atomic E-state index is 12.7. The van der Waals surface area contributed by atoms with Gasteiger partial charge in [0.05, 0.1) is 0 Å². The second-order valence-corrected chi connectivity index (χ2v) is 8.90. The molecule has 0 radical (unpaired) electrons. The number of hydrogen-bond acceptors (Lipinski definition) is 4. The van der Waals surface area contributed by atoms with E-state index in [4.69, 9.17) is 10.5 Å². The zero-order valence-electron chi connectivity index (χ0n) is 20.1. The van der Waals surface area contributed by atoms with Crippen LogP contribution in [0.5, 0.6) is 0 Å². The summed E-state index contributed by atoms with van der Waals surface area (Å²) >= 11 is 0. The molecule has 1 aliphatic carbocycles. The Hall–Kier alpha value is -4.13. The highest BCUT2D eigenvalue weighted by Gasteiger charge is 2.37. The number of benzene rings is 3. The molecule has 186 valence electrons. The lowest BCUT2D eigenvalue weighted by Crippen LogP contribution is -2.48. The number of amides is 3. The van der Waals surface area contributed by atoms with Crippen LogP contribution in [0.2, 0.25) is 0 Å². The quantitative estimate of drug-likeness (QED) is 0.353. The Balaban J connectivity index is 1.22. The van der Waals surface area contributed by atoms with Crippen molar-refractivity contribution in [2.24, 2.45) is 5.73 Å². The Labute approximate surface area is 211 Å². The highest BCUT2D eigenvalue weighted by molar-refractivity contribution is 5.91. The number of alkyl carbamates (subject to hydrolysis) is 1. The van der Waals surface area contributed by atoms with Crippen molar-refractivity contribution in [1.29, 1.82) is 0 Å². The van der Waals surface area contributed by atoms with Crippen molar-refractivity contribution in [3.63, 3.8) is 0 Å². The number of unbranched alkanes of at least 4 members (excludes halogenated alkanes) is 2. The summed E-state index contributed by atoms with van der Waals surface area (Å²) in [7, 11) is 0. The number of nitrogens with two attached hydrogens (primary N) is 1. The normalized spacial score (nSPS) is 12.8. The van der Waals surface area contributed by atoms with Crippen LogP contribution in [0.1, 0.15) is 48.3 Å². The molecule has 0 aliphatic heterocycles. The molecule has 1 atom stereocenters. The third-order valence-electron chi connectivity index (χ3n) is 6.40. The monoisotopic (exact) mass is 485 g/mol. The molecule has 3 aromatic carbocycles. The van der Waals surface area contributed by atoms with Crippen molar-refractivity contribution in [2.45, 2.75) is 44.2 Å². The van der Waals surface area contributed by atoms with Gasteiger partial charge in [-0.1, -0.05) is 85.3 Å². The molecule has 4 N–H and O–H groups in total. The van der Waals surface area contributed by atoms with Gasteiger partial charge in [-0.3, -0.25) is 9.59 Å². The zero-order valence-corrected chi connectivity index (χ0v) is 20.1. The zero-order chi connectivity index (χ0) is 25.3. The lowest BCUT2D eigenvalue weighted by Gasteiger charge is -2.24. The summed E-state index contributed by atoms with van der Waals surface area (Å²) in [5, 5.41) is 5.60. The van der Waals surface area contributed by atoms with E-state index in [2.05, 4.69) is 10.6 Å². The Morgan fingerprint density at radius 3 is 2.06 bits per heavy atom. The second kappa shape index (κ2) is 12.0. The van der Waals surface area contributed by atoms with Gasteiger partial charge in [0.25, 0.3) is 0 Å². The van der Waals surface area contributed by atoms with Crippen LogP contribution in [0, 0.1) is 0 Å². The van der Waals surface area contributed by atoms with Gasteiger partial charge in [-0.05, 0) is 40.7 Å². The molecule has 0 spiro atoms. The van der Waals surface area contributed by atoms with Gasteiger partial charge in [0, 0.05) is 18.9 Å². The summed E-state index contributed by atoms with van der Waals surface area (Å²) in [6.45, 7) is 0.693. The van der Waals surface area contributed by atoms with Gasteiger partial charge in [0.2, 0.25) is 11.8 Å². The lowest BCUT2D eigenvalue weighted by molar-refractivity contribution is -0.127. The molecular formula is C29H31N3O4. The Bertz CT molecular complexity index is 1170. The topological polar surface area (TPSA) is 111 Å². The van der Waals surface area contributed by atoms with Crippen LogP contribution in [-0.4, -0.2) is 30.5 Å². The SMILES string of the molecule is NC(=O)[C@H](NC(=O)CCCCCNC(=O)OCc1ccccc1)C1c2ccccc2-c2ccccc21. The number of rotatable bonds is 11. The van der Waals surface area contributed by atoms with E-state index in [0.29, 0.717) is 13.0 Å². The second-order valence-electron chi connectivity index (χ2n) is 8.90. The van der Waals surface area contributed by atoms with Gasteiger partial charge < -0.3 is 21.1 Å². The summed E-state index contributed by atoms with van der Waals surface area (Å²) in [6.07, 6.45) is 1.92. The Morgan fingerprint density at radius 2 is 1.42 bits per heavy atom. The molecular weight excluding hydrogens is 454 g/mol. The fourth-order valence-electron chi connectivity index (χ4n) is 4.67. The Kier molecular flexibility index (Phi) is 8.34. The lowest BCUT2D eigenvalue weighted by atomic mass is 9.88. The summed E-state index contributed by atoms with van der Waals surface area (Å²) in [4.78, 5) is 36.9. The third-order valence-corrected chi connectivity index (χ3v) is 6.40. The number of ether oxygens (including phenoxy) is 1. The standard InChI is InChI=1S/C29H31N3O4/c30-28(34)27(26-23-15-8-6-13-21(23)22-14-7-9-16-24(22)26)32-25(33)17-5-2-10-18-31-29(35)36-19-20-11-3-1-4-12-20/h1,3-4,6-9,11-16,26-27H,2,5,10,17-19H2,(H2,30,34)(H,31,35)(H,32,33)/t27-/m1/s1. The summed E-state index contributed by atoms with van der Waals surface area (Å²) < 4.78 is 5.18. The molecule has 4 rings (SSSR count). The molecule has 3 amide bonds. The molecule has 0 unspecified atom stereocenters. The van der Waals surface area contributed by atoms with Crippen molar-refractivity contribution in [3.05, 3.63) is 95.6 Å². The number of carbonyl (C=O) groups is 3. The van der Waals surface area contributed by atoms with E-state index in [9.17, 15) is 14.4 Å². The molecule has 7 nitrogen and oxygen atoms in total. The van der Waals surface area contributed by atoms with E-state index in [1.165, 1.54) is 0 Å². The third kappa shape index (κ3) is 6.10. The predicted octanol–water partition coefficient (Wildman–Crippen LogP) is 4.26. The van der Waals surface area contributed by atoms with E-state index >= 15 is 0 Å². The first-order valence-electron chi connectivity index (χ1n) is 12.3. The van der Waals surface area contributed by atoms with Gasteiger partial charge in [-0.25, -0.2) is 4.79 Å². The van der Waals surface area contributed by atoms with Crippen LogP contribution in [-0.2, 0) is 20.9 Å². The molecule has 1 aliphatic rings. The van der Waals surface area contributed by atoms with Crippen molar-refractivity contribution in [2.75, 3.05) is 6.54 Å². The van der Waals surface area contributed by atoms with E-state index < -0.39 is 18.0 Å². The molecule has 36 heavy (non-hydrogen) atoms. The highest BCUT2D eigenvalue weighted by atomic mass is 16.5. The summed E-state index contributed by atoms with van der Waals surface area (Å²) in [6, 6.07) is 24.5. The maximum Gasteiger partial charge on any atom is 0.407 e. The summed E-state index contributed by atoms with van der Waals surface area (Å²) in [5.74, 6) is -1.08. The number of fused-ring (bicyclic) bond motifs is 3. The summed E-state index contributed by atoms with van der Waals surface area (Å²) in [5.41, 5.74) is 10.8. The first-order chi connectivity index (χ1) is 17.5. The van der Waals surface area contributed by atoms with Crippen LogP contribution < -0.4 is 16.4 Å². The van der Waals surface area contributed by atoms with Crippen molar-refractivity contribution in [1.82, 2.24) is 10.6 Å². The molecule has 3 aromatic rings. The molecule has 0 fully saturated rings. The Morgan fingerprint density at radius 1 is 0.806 bits per heavy atom. The molecule has 0 bridgehead atoms. The number of carbonyl (C=O) groups excluding carboxylic acids is 3. The average molecular weight is 486 g/mol. The minimum atomic E-state index is -0.830. The minimum Gasteiger partial charge on any atom is -0.445 e. The van der Waals surface area contributed by atoms with Gasteiger partial charge in [-0.2, -0.15) is 0 Å². The van der Waals surface area contributed by atoms with Crippen molar-refractivity contribution in [3.8, 4) is 11.1 Å². The minimum absolute atomic E-state index is 0.212. The van der Waals surface area contributed by atoms with Gasteiger partial charge in [-0.15, -0.1) is 0 Å². The van der Waals surface area contributed by atoms with E-state index in [0.717, 1.165) is 40.7 Å². The fourth-order valence-corrected chi connectivity index (χ4v) is 4.67. The number of nitrogens with one attached hydrogen (secondary N) is 2. The molecule has 0 heterocycles. The highest BCUT2D eigenvalue weighted by Crippen LogP contribution is 2.46.